The topological polar surface area (TPSA) is 83.0 Å². The van der Waals surface area contributed by atoms with Crippen molar-refractivity contribution in [3.05, 3.63) is 77.0 Å². The zero-order valence-electron chi connectivity index (χ0n) is 20.2. The SMILES string of the molecule is CC(=O)OC1(c2cccc(Cn3nc(-c4nc(-c5ccc(C(C)(C)F)cc5)no4)cc3C)c2)CC1. The van der Waals surface area contributed by atoms with Gasteiger partial charge in [-0.2, -0.15) is 10.1 Å². The van der Waals surface area contributed by atoms with E-state index in [1.165, 1.54) is 20.8 Å². The van der Waals surface area contributed by atoms with Crippen LogP contribution in [0.5, 0.6) is 0 Å². The molecule has 2 heterocycles. The van der Waals surface area contributed by atoms with Crippen LogP contribution in [-0.4, -0.2) is 25.9 Å². The van der Waals surface area contributed by atoms with Gasteiger partial charge in [0.1, 0.15) is 11.3 Å². The first-order valence-electron chi connectivity index (χ1n) is 11.6. The van der Waals surface area contributed by atoms with Gasteiger partial charge in [0.25, 0.3) is 5.89 Å². The molecule has 0 amide bonds. The molecule has 0 bridgehead atoms. The number of ether oxygens (including phenoxy) is 1. The molecular weight excluding hydrogens is 447 g/mol. The first-order valence-corrected chi connectivity index (χ1v) is 11.6. The van der Waals surface area contributed by atoms with Crippen LogP contribution in [0.4, 0.5) is 4.39 Å². The Hall–Kier alpha value is -3.81. The predicted octanol–water partition coefficient (Wildman–Crippen LogP) is 5.71. The van der Waals surface area contributed by atoms with E-state index < -0.39 is 11.3 Å². The number of aryl methyl sites for hydroxylation is 1. The Morgan fingerprint density at radius 3 is 2.57 bits per heavy atom. The maximum absolute atomic E-state index is 14.1. The molecule has 4 aromatic rings. The Balaban J connectivity index is 1.34. The summed E-state index contributed by atoms with van der Waals surface area (Å²) >= 11 is 0. The van der Waals surface area contributed by atoms with Crippen LogP contribution in [0, 0.1) is 6.92 Å². The van der Waals surface area contributed by atoms with Crippen LogP contribution in [0.2, 0.25) is 0 Å². The average Bonchev–Trinajstić information content (AvgIpc) is 3.24. The molecule has 1 aliphatic rings. The summed E-state index contributed by atoms with van der Waals surface area (Å²) in [7, 11) is 0. The minimum atomic E-state index is -1.41. The van der Waals surface area contributed by atoms with Crippen molar-refractivity contribution in [3.63, 3.8) is 0 Å². The number of benzene rings is 2. The Kier molecular flexibility index (Phi) is 5.54. The standard InChI is InChI=1S/C27H27FN4O3/c1-17-14-23(25-29-24(31-35-25)20-8-10-21(11-9-20)26(3,4)28)30-32(17)16-19-6-5-7-22(15-19)27(12-13-27)34-18(2)33/h5-11,14-15H,12-13,16H2,1-4H3. The summed E-state index contributed by atoms with van der Waals surface area (Å²) in [6.45, 7) is 7.01. The molecule has 1 saturated carbocycles. The second-order valence-corrected chi connectivity index (χ2v) is 9.59. The summed E-state index contributed by atoms with van der Waals surface area (Å²) in [5.41, 5.74) is 3.03. The second-order valence-electron chi connectivity index (χ2n) is 9.59. The summed E-state index contributed by atoms with van der Waals surface area (Å²) in [6.07, 6.45) is 1.68. The van der Waals surface area contributed by atoms with Crippen molar-refractivity contribution in [1.82, 2.24) is 19.9 Å². The molecule has 8 heteroatoms. The number of esters is 1. The fraction of sp³-hybridized carbons (Fsp3) is 0.333. The Morgan fingerprint density at radius 2 is 1.91 bits per heavy atom. The number of alkyl halides is 1. The molecule has 5 rings (SSSR count). The predicted molar refractivity (Wildman–Crippen MR) is 128 cm³/mol. The molecule has 0 aliphatic heterocycles. The van der Waals surface area contributed by atoms with Crippen LogP contribution >= 0.6 is 0 Å². The third-order valence-corrected chi connectivity index (χ3v) is 6.28. The van der Waals surface area contributed by atoms with Gasteiger partial charge in [0.15, 0.2) is 5.69 Å². The molecule has 2 aromatic heterocycles. The highest BCUT2D eigenvalue weighted by Gasteiger charge is 2.48. The van der Waals surface area contributed by atoms with Crippen molar-refractivity contribution in [2.24, 2.45) is 0 Å². The van der Waals surface area contributed by atoms with Gasteiger partial charge in [-0.15, -0.1) is 0 Å². The lowest BCUT2D eigenvalue weighted by Crippen LogP contribution is -2.16. The highest BCUT2D eigenvalue weighted by Crippen LogP contribution is 2.49. The first-order chi connectivity index (χ1) is 16.6. The van der Waals surface area contributed by atoms with E-state index in [2.05, 4.69) is 21.3 Å². The number of halogens is 1. The van der Waals surface area contributed by atoms with Crippen molar-refractivity contribution < 1.29 is 18.4 Å². The molecule has 0 saturated heterocycles. The summed E-state index contributed by atoms with van der Waals surface area (Å²) in [5.74, 6) is 0.474. The van der Waals surface area contributed by atoms with Crippen molar-refractivity contribution in [3.8, 4) is 23.0 Å². The summed E-state index contributed by atoms with van der Waals surface area (Å²) in [6, 6.07) is 17.0. The van der Waals surface area contributed by atoms with Crippen LogP contribution in [-0.2, 0) is 27.3 Å². The van der Waals surface area contributed by atoms with Gasteiger partial charge in [0.2, 0.25) is 5.82 Å². The van der Waals surface area contributed by atoms with E-state index in [1.807, 2.05) is 35.9 Å². The van der Waals surface area contributed by atoms with E-state index in [4.69, 9.17) is 9.26 Å². The smallest absolute Gasteiger partial charge is 0.303 e. The van der Waals surface area contributed by atoms with E-state index in [-0.39, 0.29) is 5.97 Å². The molecule has 180 valence electrons. The zero-order valence-corrected chi connectivity index (χ0v) is 20.2. The molecule has 0 unspecified atom stereocenters. The van der Waals surface area contributed by atoms with Crippen molar-refractivity contribution in [1.29, 1.82) is 0 Å². The first kappa shape index (κ1) is 23.0. The molecule has 0 spiro atoms. The van der Waals surface area contributed by atoms with Gasteiger partial charge < -0.3 is 9.26 Å². The number of carbonyl (C=O) groups is 1. The van der Waals surface area contributed by atoms with E-state index in [0.717, 1.165) is 35.2 Å². The Morgan fingerprint density at radius 1 is 1.17 bits per heavy atom. The Labute approximate surface area is 202 Å². The van der Waals surface area contributed by atoms with Gasteiger partial charge in [-0.05, 0) is 62.4 Å². The van der Waals surface area contributed by atoms with Crippen molar-refractivity contribution >= 4 is 5.97 Å². The van der Waals surface area contributed by atoms with Crippen LogP contribution in [0.15, 0.2) is 59.1 Å². The number of carbonyl (C=O) groups excluding carboxylic acids is 1. The summed E-state index contributed by atoms with van der Waals surface area (Å²) in [5, 5.41) is 8.75. The fourth-order valence-corrected chi connectivity index (χ4v) is 4.20. The number of hydrogen-bond donors (Lipinski definition) is 0. The lowest BCUT2D eigenvalue weighted by atomic mass is 9.99. The van der Waals surface area contributed by atoms with Crippen LogP contribution < -0.4 is 0 Å². The maximum atomic E-state index is 14.1. The largest absolute Gasteiger partial charge is 0.454 e. The van der Waals surface area contributed by atoms with E-state index in [1.54, 1.807) is 24.3 Å². The molecule has 7 nitrogen and oxygen atoms in total. The van der Waals surface area contributed by atoms with Gasteiger partial charge >= 0.3 is 5.97 Å². The van der Waals surface area contributed by atoms with Gasteiger partial charge in [-0.25, -0.2) is 4.39 Å². The van der Waals surface area contributed by atoms with Gasteiger partial charge in [-0.1, -0.05) is 47.6 Å². The van der Waals surface area contributed by atoms with Crippen LogP contribution in [0.1, 0.15) is 56.0 Å². The second kappa shape index (κ2) is 8.45. The molecular formula is C27H27FN4O3. The highest BCUT2D eigenvalue weighted by molar-refractivity contribution is 5.67. The minimum Gasteiger partial charge on any atom is -0.454 e. The molecule has 0 N–H and O–H groups in total. The third kappa shape index (κ3) is 4.73. The monoisotopic (exact) mass is 474 g/mol. The van der Waals surface area contributed by atoms with Crippen LogP contribution in [0.25, 0.3) is 23.0 Å². The van der Waals surface area contributed by atoms with E-state index in [0.29, 0.717) is 29.5 Å². The summed E-state index contributed by atoms with van der Waals surface area (Å²) < 4.78 is 27.1. The lowest BCUT2D eigenvalue weighted by molar-refractivity contribution is -0.149. The van der Waals surface area contributed by atoms with Crippen LogP contribution in [0.3, 0.4) is 0 Å². The number of aromatic nitrogens is 4. The maximum Gasteiger partial charge on any atom is 0.303 e. The number of hydrogen-bond acceptors (Lipinski definition) is 6. The van der Waals surface area contributed by atoms with Gasteiger partial charge in [0.05, 0.1) is 6.54 Å². The number of rotatable bonds is 7. The average molecular weight is 475 g/mol. The van der Waals surface area contributed by atoms with E-state index in [9.17, 15) is 9.18 Å². The molecule has 1 fully saturated rings. The van der Waals surface area contributed by atoms with Crippen molar-refractivity contribution in [2.45, 2.75) is 58.4 Å². The zero-order chi connectivity index (χ0) is 24.8. The summed E-state index contributed by atoms with van der Waals surface area (Å²) in [4.78, 5) is 16.0. The molecule has 0 radical (unpaired) electrons. The minimum absolute atomic E-state index is 0.262. The van der Waals surface area contributed by atoms with Gasteiger partial charge in [-0.3, -0.25) is 9.48 Å². The molecule has 0 atom stereocenters. The van der Waals surface area contributed by atoms with Gasteiger partial charge in [0, 0.05) is 18.2 Å². The third-order valence-electron chi connectivity index (χ3n) is 6.28. The highest BCUT2D eigenvalue weighted by atomic mass is 19.1. The van der Waals surface area contributed by atoms with Crippen molar-refractivity contribution in [2.75, 3.05) is 0 Å². The fourth-order valence-electron chi connectivity index (χ4n) is 4.20. The normalized spacial score (nSPS) is 14.7. The lowest BCUT2D eigenvalue weighted by Gasteiger charge is -2.17. The number of nitrogens with zero attached hydrogens (tertiary/aromatic N) is 4. The quantitative estimate of drug-likeness (QED) is 0.319. The molecule has 1 aliphatic carbocycles. The Bertz CT molecular complexity index is 1380. The molecule has 35 heavy (non-hydrogen) atoms. The van der Waals surface area contributed by atoms with E-state index >= 15 is 0 Å². The molecule has 2 aromatic carbocycles.